The number of benzene rings is 2. The van der Waals surface area contributed by atoms with Crippen LogP contribution in [0.15, 0.2) is 60.9 Å². The lowest BCUT2D eigenvalue weighted by Crippen LogP contribution is -2.46. The number of piperidine rings is 1. The Hall–Kier alpha value is -3.65. The van der Waals surface area contributed by atoms with Crippen LogP contribution in [0.4, 0.5) is 5.69 Å². The SMILES string of the molecule is COc1cc(N2CCC3(CCN(C(=O)c4cc5ccccc5s4)CC3)C2=O)ccc1-c1cn[nH]c1. The van der Waals surface area contributed by atoms with Gasteiger partial charge in [0.05, 0.1) is 23.6 Å². The molecular formula is C27H26N4O3S. The highest BCUT2D eigenvalue weighted by molar-refractivity contribution is 7.20. The van der Waals surface area contributed by atoms with Crippen LogP contribution >= 0.6 is 11.3 Å². The first kappa shape index (κ1) is 21.9. The lowest BCUT2D eigenvalue weighted by atomic mass is 9.77. The maximum atomic E-state index is 13.6. The monoisotopic (exact) mass is 486 g/mol. The Labute approximate surface area is 207 Å². The zero-order chi connectivity index (χ0) is 24.0. The van der Waals surface area contributed by atoms with E-state index < -0.39 is 5.41 Å². The molecule has 4 heterocycles. The van der Waals surface area contributed by atoms with Gasteiger partial charge in [0.25, 0.3) is 5.91 Å². The van der Waals surface area contributed by atoms with E-state index in [4.69, 9.17) is 4.74 Å². The first-order chi connectivity index (χ1) is 17.1. The molecule has 0 unspecified atom stereocenters. The normalized spacial score (nSPS) is 17.5. The number of ether oxygens (including phenoxy) is 1. The van der Waals surface area contributed by atoms with E-state index in [1.54, 1.807) is 24.6 Å². The summed E-state index contributed by atoms with van der Waals surface area (Å²) in [6, 6.07) is 15.9. The molecule has 2 aromatic heterocycles. The molecule has 8 heteroatoms. The summed E-state index contributed by atoms with van der Waals surface area (Å²) < 4.78 is 6.75. The average molecular weight is 487 g/mol. The molecule has 6 rings (SSSR count). The summed E-state index contributed by atoms with van der Waals surface area (Å²) >= 11 is 1.54. The topological polar surface area (TPSA) is 78.5 Å². The number of nitrogens with zero attached hydrogens (tertiary/aromatic N) is 3. The predicted octanol–water partition coefficient (Wildman–Crippen LogP) is 4.96. The van der Waals surface area contributed by atoms with Gasteiger partial charge in [-0.2, -0.15) is 5.10 Å². The third-order valence-corrected chi connectivity index (χ3v) is 8.57. The molecule has 0 atom stereocenters. The summed E-state index contributed by atoms with van der Waals surface area (Å²) in [5.74, 6) is 0.939. The number of anilines is 1. The van der Waals surface area contributed by atoms with Crippen molar-refractivity contribution < 1.29 is 14.3 Å². The molecular weight excluding hydrogens is 460 g/mol. The Morgan fingerprint density at radius 3 is 2.63 bits per heavy atom. The van der Waals surface area contributed by atoms with Gasteiger partial charge in [-0.1, -0.05) is 18.2 Å². The number of likely N-dealkylation sites (tertiary alicyclic amines) is 1. The van der Waals surface area contributed by atoms with Gasteiger partial charge in [0.2, 0.25) is 5.91 Å². The summed E-state index contributed by atoms with van der Waals surface area (Å²) in [4.78, 5) is 31.4. The van der Waals surface area contributed by atoms with Gasteiger partial charge >= 0.3 is 0 Å². The molecule has 2 aliphatic rings. The molecule has 35 heavy (non-hydrogen) atoms. The molecule has 0 saturated carbocycles. The number of aromatic nitrogens is 2. The van der Waals surface area contributed by atoms with Crippen LogP contribution in [0.2, 0.25) is 0 Å². The number of carbonyl (C=O) groups is 2. The first-order valence-electron chi connectivity index (χ1n) is 11.8. The second-order valence-electron chi connectivity index (χ2n) is 9.30. The van der Waals surface area contributed by atoms with Crippen molar-refractivity contribution in [2.24, 2.45) is 5.41 Å². The molecule has 2 fully saturated rings. The average Bonchev–Trinajstić information content (AvgIpc) is 3.64. The smallest absolute Gasteiger partial charge is 0.263 e. The van der Waals surface area contributed by atoms with E-state index in [9.17, 15) is 9.59 Å². The number of hydrogen-bond donors (Lipinski definition) is 1. The summed E-state index contributed by atoms with van der Waals surface area (Å²) in [6.07, 6.45) is 5.78. The second kappa shape index (κ2) is 8.53. The van der Waals surface area contributed by atoms with Crippen LogP contribution < -0.4 is 9.64 Å². The third-order valence-electron chi connectivity index (χ3n) is 7.46. The molecule has 1 N–H and O–H groups in total. The highest BCUT2D eigenvalue weighted by Crippen LogP contribution is 2.44. The van der Waals surface area contributed by atoms with Gasteiger partial charge in [0.15, 0.2) is 0 Å². The summed E-state index contributed by atoms with van der Waals surface area (Å²) in [6.45, 7) is 1.89. The van der Waals surface area contributed by atoms with E-state index in [2.05, 4.69) is 10.2 Å². The van der Waals surface area contributed by atoms with Gasteiger partial charge in [-0.3, -0.25) is 14.7 Å². The molecule has 0 radical (unpaired) electrons. The number of thiophene rings is 1. The number of fused-ring (bicyclic) bond motifs is 1. The minimum absolute atomic E-state index is 0.0722. The van der Waals surface area contributed by atoms with E-state index in [1.807, 2.05) is 64.5 Å². The van der Waals surface area contributed by atoms with Crippen LogP contribution in [-0.2, 0) is 4.79 Å². The van der Waals surface area contributed by atoms with Crippen molar-refractivity contribution in [1.82, 2.24) is 15.1 Å². The number of amides is 2. The fraction of sp³-hybridized carbons (Fsp3) is 0.296. The highest BCUT2D eigenvalue weighted by Gasteiger charge is 2.49. The van der Waals surface area contributed by atoms with Crippen molar-refractivity contribution in [2.75, 3.05) is 31.6 Å². The molecule has 4 aromatic rings. The van der Waals surface area contributed by atoms with Crippen LogP contribution in [0, 0.1) is 5.41 Å². The Balaban J connectivity index is 1.17. The molecule has 0 aliphatic carbocycles. The van der Waals surface area contributed by atoms with Crippen LogP contribution in [0.3, 0.4) is 0 Å². The molecule has 178 valence electrons. The zero-order valence-electron chi connectivity index (χ0n) is 19.5. The lowest BCUT2D eigenvalue weighted by molar-refractivity contribution is -0.127. The fourth-order valence-electron chi connectivity index (χ4n) is 5.40. The lowest BCUT2D eigenvalue weighted by Gasteiger charge is -2.37. The van der Waals surface area contributed by atoms with Crippen molar-refractivity contribution >= 4 is 38.9 Å². The Bertz CT molecular complexity index is 1370. The van der Waals surface area contributed by atoms with E-state index in [0.717, 1.165) is 38.2 Å². The van der Waals surface area contributed by atoms with Crippen molar-refractivity contribution in [2.45, 2.75) is 19.3 Å². The van der Waals surface area contributed by atoms with Crippen LogP contribution in [0.5, 0.6) is 5.75 Å². The van der Waals surface area contributed by atoms with Crippen molar-refractivity contribution in [3.8, 4) is 16.9 Å². The maximum Gasteiger partial charge on any atom is 0.263 e. The Morgan fingerprint density at radius 1 is 1.09 bits per heavy atom. The number of aromatic amines is 1. The second-order valence-corrected chi connectivity index (χ2v) is 10.4. The zero-order valence-corrected chi connectivity index (χ0v) is 20.3. The van der Waals surface area contributed by atoms with Crippen molar-refractivity contribution in [1.29, 1.82) is 0 Å². The Morgan fingerprint density at radius 2 is 1.89 bits per heavy atom. The number of rotatable bonds is 4. The molecule has 2 aromatic carbocycles. The molecule has 1 spiro atoms. The molecule has 2 saturated heterocycles. The predicted molar refractivity (Wildman–Crippen MR) is 137 cm³/mol. The van der Waals surface area contributed by atoms with E-state index in [0.29, 0.717) is 38.2 Å². The van der Waals surface area contributed by atoms with Gasteiger partial charge in [-0.15, -0.1) is 11.3 Å². The van der Waals surface area contributed by atoms with Gasteiger partial charge in [0.1, 0.15) is 5.75 Å². The molecule has 7 nitrogen and oxygen atoms in total. The largest absolute Gasteiger partial charge is 0.496 e. The van der Waals surface area contributed by atoms with Crippen LogP contribution in [0.25, 0.3) is 21.2 Å². The summed E-state index contributed by atoms with van der Waals surface area (Å²) in [5, 5.41) is 7.95. The van der Waals surface area contributed by atoms with Gasteiger partial charge in [-0.25, -0.2) is 0 Å². The van der Waals surface area contributed by atoms with Gasteiger partial charge in [0, 0.05) is 53.4 Å². The number of nitrogens with one attached hydrogen (secondary N) is 1. The first-order valence-corrected chi connectivity index (χ1v) is 12.7. The maximum absolute atomic E-state index is 13.6. The minimum Gasteiger partial charge on any atom is -0.496 e. The summed E-state index contributed by atoms with van der Waals surface area (Å²) in [7, 11) is 1.64. The fourth-order valence-corrected chi connectivity index (χ4v) is 6.43. The summed E-state index contributed by atoms with van der Waals surface area (Å²) in [5.41, 5.74) is 2.32. The molecule has 2 amide bonds. The van der Waals surface area contributed by atoms with Crippen LogP contribution in [0.1, 0.15) is 28.9 Å². The molecule has 2 aliphatic heterocycles. The van der Waals surface area contributed by atoms with Gasteiger partial charge in [-0.05, 0) is 48.9 Å². The number of methoxy groups -OCH3 is 1. The number of carbonyl (C=O) groups excluding carboxylic acids is 2. The van der Waals surface area contributed by atoms with Gasteiger partial charge < -0.3 is 14.5 Å². The third kappa shape index (κ3) is 3.69. The van der Waals surface area contributed by atoms with E-state index >= 15 is 0 Å². The van der Waals surface area contributed by atoms with E-state index in [1.165, 1.54) is 0 Å². The standard InChI is InChI=1S/C27H26N4O3S/c1-34-22-15-20(6-7-21(22)19-16-28-29-17-19)31-13-10-27(26(31)33)8-11-30(12-9-27)25(32)24-14-18-4-2-3-5-23(18)35-24/h2-7,14-17H,8-13H2,1H3,(H,28,29). The van der Waals surface area contributed by atoms with E-state index in [-0.39, 0.29) is 11.8 Å². The number of H-pyrrole nitrogens is 1. The number of hydrogen-bond acceptors (Lipinski definition) is 5. The highest BCUT2D eigenvalue weighted by atomic mass is 32.1. The van der Waals surface area contributed by atoms with Crippen molar-refractivity contribution in [3.63, 3.8) is 0 Å². The van der Waals surface area contributed by atoms with Crippen LogP contribution in [-0.4, -0.2) is 53.7 Å². The van der Waals surface area contributed by atoms with Crippen molar-refractivity contribution in [3.05, 3.63) is 65.8 Å². The Kier molecular flexibility index (Phi) is 5.33. The quantitative estimate of drug-likeness (QED) is 0.442. The molecule has 0 bridgehead atoms. The minimum atomic E-state index is -0.395.